The van der Waals surface area contributed by atoms with Gasteiger partial charge in [-0.1, -0.05) is 62.4 Å². The normalized spacial score (nSPS) is 14.1. The fraction of sp³-hybridized carbons (Fsp3) is 0.258. The quantitative estimate of drug-likeness (QED) is 0.286. The number of hydrogen-bond donors (Lipinski definition) is 0. The average molecular weight is 432 g/mol. The van der Waals surface area contributed by atoms with Crippen LogP contribution in [-0.4, -0.2) is 4.98 Å². The first-order valence-electron chi connectivity index (χ1n) is 12.0. The van der Waals surface area contributed by atoms with E-state index in [1.54, 1.807) is 0 Å². The standard InChI is InChI=1S/C31H29NO/c1-6-31(7-2)24-11-9-8-10-23(24)28-25(31)15-14-22-21-13-12-18(3)27(29(21)33-30(22)28)26-16-19(4)20(5)17-32-26/h8-17H,6-7H2,1-5H3. The van der Waals surface area contributed by atoms with E-state index < -0.39 is 0 Å². The van der Waals surface area contributed by atoms with Crippen LogP contribution in [0.1, 0.15) is 54.5 Å². The minimum atomic E-state index is 0.0491. The van der Waals surface area contributed by atoms with E-state index in [9.17, 15) is 0 Å². The Morgan fingerprint density at radius 1 is 0.727 bits per heavy atom. The largest absolute Gasteiger partial charge is 0.455 e. The summed E-state index contributed by atoms with van der Waals surface area (Å²) in [4.78, 5) is 4.79. The van der Waals surface area contributed by atoms with Gasteiger partial charge in [0, 0.05) is 33.5 Å². The molecule has 1 aliphatic rings. The summed E-state index contributed by atoms with van der Waals surface area (Å²) in [6.07, 6.45) is 4.13. The predicted molar refractivity (Wildman–Crippen MR) is 138 cm³/mol. The van der Waals surface area contributed by atoms with Crippen LogP contribution in [-0.2, 0) is 5.41 Å². The van der Waals surface area contributed by atoms with Gasteiger partial charge < -0.3 is 4.42 Å². The van der Waals surface area contributed by atoms with Gasteiger partial charge in [0.15, 0.2) is 0 Å². The molecule has 0 amide bonds. The Morgan fingerprint density at radius 2 is 1.42 bits per heavy atom. The molecular formula is C31H29NO. The maximum atomic E-state index is 6.83. The highest BCUT2D eigenvalue weighted by molar-refractivity contribution is 6.14. The summed E-state index contributed by atoms with van der Waals surface area (Å²) in [5.41, 5.74) is 13.2. The second kappa shape index (κ2) is 7.05. The fourth-order valence-electron chi connectivity index (χ4n) is 6.02. The molecule has 0 N–H and O–H groups in total. The highest BCUT2D eigenvalue weighted by atomic mass is 16.3. The summed E-state index contributed by atoms with van der Waals surface area (Å²) in [7, 11) is 0. The minimum absolute atomic E-state index is 0.0491. The molecule has 0 bridgehead atoms. The lowest BCUT2D eigenvalue weighted by molar-refractivity contribution is 0.490. The maximum Gasteiger partial charge on any atom is 0.145 e. The molecule has 5 aromatic rings. The van der Waals surface area contributed by atoms with Crippen molar-refractivity contribution in [2.45, 2.75) is 52.9 Å². The molecule has 2 heterocycles. The van der Waals surface area contributed by atoms with Gasteiger partial charge in [0.1, 0.15) is 11.2 Å². The van der Waals surface area contributed by atoms with Crippen molar-refractivity contribution in [1.82, 2.24) is 4.98 Å². The van der Waals surface area contributed by atoms with Gasteiger partial charge in [0.2, 0.25) is 0 Å². The summed E-state index contributed by atoms with van der Waals surface area (Å²) in [6.45, 7) is 11.0. The smallest absolute Gasteiger partial charge is 0.145 e. The molecule has 0 spiro atoms. The second-order valence-electron chi connectivity index (χ2n) is 9.59. The zero-order valence-electron chi connectivity index (χ0n) is 20.0. The third kappa shape index (κ3) is 2.58. The van der Waals surface area contributed by atoms with Crippen LogP contribution in [0.15, 0.2) is 65.2 Å². The maximum absolute atomic E-state index is 6.83. The van der Waals surface area contributed by atoms with Crippen molar-refractivity contribution in [3.05, 3.63) is 88.6 Å². The third-order valence-electron chi connectivity index (χ3n) is 8.08. The van der Waals surface area contributed by atoms with Crippen molar-refractivity contribution in [3.8, 4) is 22.4 Å². The Bertz CT molecular complexity index is 1570. The summed E-state index contributed by atoms with van der Waals surface area (Å²) in [6, 6.07) is 20.1. The molecule has 164 valence electrons. The van der Waals surface area contributed by atoms with Gasteiger partial charge in [0.25, 0.3) is 0 Å². The van der Waals surface area contributed by atoms with Gasteiger partial charge >= 0.3 is 0 Å². The number of furan rings is 1. The molecular weight excluding hydrogens is 402 g/mol. The lowest BCUT2D eigenvalue weighted by Gasteiger charge is -2.29. The molecule has 0 fully saturated rings. The van der Waals surface area contributed by atoms with Crippen molar-refractivity contribution in [1.29, 1.82) is 0 Å². The van der Waals surface area contributed by atoms with Gasteiger partial charge in [-0.3, -0.25) is 4.98 Å². The van der Waals surface area contributed by atoms with Gasteiger partial charge in [-0.25, -0.2) is 0 Å². The first-order chi connectivity index (χ1) is 16.0. The van der Waals surface area contributed by atoms with Crippen molar-refractivity contribution < 1.29 is 4.42 Å². The molecule has 0 unspecified atom stereocenters. The Balaban J connectivity index is 1.73. The van der Waals surface area contributed by atoms with E-state index in [0.29, 0.717) is 0 Å². The van der Waals surface area contributed by atoms with E-state index in [1.165, 1.54) is 44.3 Å². The Hall–Kier alpha value is -3.39. The van der Waals surface area contributed by atoms with E-state index in [0.717, 1.165) is 40.7 Å². The molecule has 0 aliphatic heterocycles. The number of fused-ring (bicyclic) bond motifs is 7. The van der Waals surface area contributed by atoms with Gasteiger partial charge in [-0.15, -0.1) is 0 Å². The highest BCUT2D eigenvalue weighted by Gasteiger charge is 2.42. The van der Waals surface area contributed by atoms with E-state index in [-0.39, 0.29) is 5.41 Å². The van der Waals surface area contributed by atoms with E-state index >= 15 is 0 Å². The summed E-state index contributed by atoms with van der Waals surface area (Å²) < 4.78 is 6.83. The summed E-state index contributed by atoms with van der Waals surface area (Å²) in [5, 5.41) is 2.35. The van der Waals surface area contributed by atoms with Crippen LogP contribution in [0, 0.1) is 20.8 Å². The van der Waals surface area contributed by atoms with E-state index in [4.69, 9.17) is 9.40 Å². The molecule has 2 aromatic heterocycles. The van der Waals surface area contributed by atoms with Crippen LogP contribution in [0.4, 0.5) is 0 Å². The Labute approximate surface area is 195 Å². The zero-order valence-corrected chi connectivity index (χ0v) is 20.0. The number of rotatable bonds is 3. The lowest BCUT2D eigenvalue weighted by atomic mass is 9.74. The molecule has 33 heavy (non-hydrogen) atoms. The van der Waals surface area contributed by atoms with Crippen LogP contribution in [0.3, 0.4) is 0 Å². The second-order valence-corrected chi connectivity index (χ2v) is 9.59. The highest BCUT2D eigenvalue weighted by Crippen LogP contribution is 2.55. The van der Waals surface area contributed by atoms with Gasteiger partial charge in [-0.2, -0.15) is 0 Å². The van der Waals surface area contributed by atoms with Crippen molar-refractivity contribution in [3.63, 3.8) is 0 Å². The molecule has 3 aromatic carbocycles. The number of aromatic nitrogens is 1. The average Bonchev–Trinajstić information content (AvgIpc) is 3.34. The van der Waals surface area contributed by atoms with Crippen LogP contribution in [0.5, 0.6) is 0 Å². The van der Waals surface area contributed by atoms with Crippen LogP contribution < -0.4 is 0 Å². The molecule has 0 radical (unpaired) electrons. The van der Waals surface area contributed by atoms with Crippen LogP contribution >= 0.6 is 0 Å². The van der Waals surface area contributed by atoms with Gasteiger partial charge in [0.05, 0.1) is 5.69 Å². The van der Waals surface area contributed by atoms with E-state index in [2.05, 4.69) is 89.2 Å². The molecule has 0 atom stereocenters. The number of hydrogen-bond acceptors (Lipinski definition) is 2. The van der Waals surface area contributed by atoms with Crippen molar-refractivity contribution in [2.75, 3.05) is 0 Å². The number of nitrogens with zero attached hydrogens (tertiary/aromatic N) is 1. The molecule has 2 heteroatoms. The minimum Gasteiger partial charge on any atom is -0.455 e. The lowest BCUT2D eigenvalue weighted by Crippen LogP contribution is -2.22. The molecule has 2 nitrogen and oxygen atoms in total. The number of aryl methyl sites for hydroxylation is 3. The molecule has 6 rings (SSSR count). The monoisotopic (exact) mass is 431 g/mol. The SMILES string of the molecule is CCC1(CC)c2ccccc2-c2c1ccc1c2oc2c(-c3cc(C)c(C)cn3)c(C)ccc21. The zero-order chi connectivity index (χ0) is 22.9. The first kappa shape index (κ1) is 20.2. The molecule has 0 saturated carbocycles. The predicted octanol–water partition coefficient (Wildman–Crippen LogP) is 8.66. The van der Waals surface area contributed by atoms with Crippen molar-refractivity contribution >= 4 is 21.9 Å². The van der Waals surface area contributed by atoms with Crippen LogP contribution in [0.25, 0.3) is 44.3 Å². The van der Waals surface area contributed by atoms with Crippen LogP contribution in [0.2, 0.25) is 0 Å². The molecule has 1 aliphatic carbocycles. The Morgan fingerprint density at radius 3 is 2.15 bits per heavy atom. The summed E-state index contributed by atoms with van der Waals surface area (Å²) in [5.74, 6) is 0. The third-order valence-corrected chi connectivity index (χ3v) is 8.08. The first-order valence-corrected chi connectivity index (χ1v) is 12.0. The number of benzene rings is 3. The van der Waals surface area contributed by atoms with Gasteiger partial charge in [-0.05, 0) is 73.1 Å². The fourth-order valence-corrected chi connectivity index (χ4v) is 6.02. The topological polar surface area (TPSA) is 26.0 Å². The van der Waals surface area contributed by atoms with E-state index in [1.807, 2.05) is 6.20 Å². The Kier molecular flexibility index (Phi) is 4.32. The number of pyridine rings is 1. The summed E-state index contributed by atoms with van der Waals surface area (Å²) >= 11 is 0. The molecule has 0 saturated heterocycles. The van der Waals surface area contributed by atoms with Crippen molar-refractivity contribution in [2.24, 2.45) is 0 Å².